The molecule has 1 heterocycles. The maximum Gasteiger partial charge on any atom is 0.228 e. The van der Waals surface area contributed by atoms with Crippen LogP contribution >= 0.6 is 0 Å². The largest absolute Gasteiger partial charge is 0.497 e. The third-order valence-electron chi connectivity index (χ3n) is 4.89. The van der Waals surface area contributed by atoms with Crippen molar-refractivity contribution in [1.82, 2.24) is 9.80 Å². The first-order valence-corrected chi connectivity index (χ1v) is 8.58. The standard InChI is InChI=1S/C18H23N3O5/c1-25-12-3-4-15(16(9-12)26-2)19-17(23)13-10-14(13)18(24)21-7-5-20(11-22)6-8-21/h3-4,9,11,13-14H,5-8,10H2,1-2H3,(H,19,23). The molecule has 1 aliphatic carbocycles. The summed E-state index contributed by atoms with van der Waals surface area (Å²) in [5.41, 5.74) is 0.552. The minimum absolute atomic E-state index is 0.00241. The van der Waals surface area contributed by atoms with Gasteiger partial charge in [-0.1, -0.05) is 0 Å². The van der Waals surface area contributed by atoms with E-state index in [0.717, 1.165) is 6.41 Å². The summed E-state index contributed by atoms with van der Waals surface area (Å²) in [6.07, 6.45) is 1.36. The van der Waals surface area contributed by atoms with Crippen LogP contribution in [0.5, 0.6) is 11.5 Å². The number of piperazine rings is 1. The van der Waals surface area contributed by atoms with Gasteiger partial charge in [-0.3, -0.25) is 14.4 Å². The molecule has 8 nitrogen and oxygen atoms in total. The van der Waals surface area contributed by atoms with E-state index in [1.807, 2.05) is 0 Å². The van der Waals surface area contributed by atoms with E-state index in [0.29, 0.717) is 49.8 Å². The van der Waals surface area contributed by atoms with Gasteiger partial charge in [0.2, 0.25) is 18.2 Å². The minimum Gasteiger partial charge on any atom is -0.497 e. The SMILES string of the molecule is COc1ccc(NC(=O)C2CC2C(=O)N2CCN(C=O)CC2)c(OC)c1. The molecule has 140 valence electrons. The van der Waals surface area contributed by atoms with Gasteiger partial charge < -0.3 is 24.6 Å². The summed E-state index contributed by atoms with van der Waals surface area (Å²) in [7, 11) is 3.08. The quantitative estimate of drug-likeness (QED) is 0.749. The lowest BCUT2D eigenvalue weighted by molar-refractivity contribution is -0.137. The summed E-state index contributed by atoms with van der Waals surface area (Å²) in [5.74, 6) is 0.358. The molecule has 1 saturated heterocycles. The average molecular weight is 361 g/mol. The predicted molar refractivity (Wildman–Crippen MR) is 94.0 cm³/mol. The van der Waals surface area contributed by atoms with Crippen LogP contribution in [0.4, 0.5) is 5.69 Å². The molecule has 1 N–H and O–H groups in total. The van der Waals surface area contributed by atoms with Gasteiger partial charge in [-0.25, -0.2) is 0 Å². The van der Waals surface area contributed by atoms with E-state index in [1.165, 1.54) is 7.11 Å². The minimum atomic E-state index is -0.321. The van der Waals surface area contributed by atoms with Crippen molar-refractivity contribution in [2.24, 2.45) is 11.8 Å². The fourth-order valence-corrected chi connectivity index (χ4v) is 3.17. The summed E-state index contributed by atoms with van der Waals surface area (Å²) < 4.78 is 10.4. The number of hydrogen-bond donors (Lipinski definition) is 1. The number of hydrogen-bond acceptors (Lipinski definition) is 5. The molecule has 2 aliphatic rings. The van der Waals surface area contributed by atoms with Crippen LogP contribution in [-0.4, -0.2) is 68.4 Å². The Kier molecular flexibility index (Phi) is 5.29. The van der Waals surface area contributed by atoms with Gasteiger partial charge in [-0.05, 0) is 18.6 Å². The fourth-order valence-electron chi connectivity index (χ4n) is 3.17. The Morgan fingerprint density at radius 3 is 2.46 bits per heavy atom. The number of nitrogens with one attached hydrogen (secondary N) is 1. The Hall–Kier alpha value is -2.77. The van der Waals surface area contributed by atoms with Crippen molar-refractivity contribution in [2.75, 3.05) is 45.7 Å². The summed E-state index contributed by atoms with van der Waals surface area (Å²) in [5, 5.41) is 2.83. The van der Waals surface area contributed by atoms with Crippen LogP contribution in [0, 0.1) is 11.8 Å². The molecule has 3 amide bonds. The van der Waals surface area contributed by atoms with E-state index < -0.39 is 0 Å². The second kappa shape index (κ2) is 7.63. The third-order valence-corrected chi connectivity index (χ3v) is 4.89. The second-order valence-electron chi connectivity index (χ2n) is 6.47. The number of amides is 3. The molecule has 8 heteroatoms. The molecule has 0 spiro atoms. The maximum absolute atomic E-state index is 12.5. The fraction of sp³-hybridized carbons (Fsp3) is 0.500. The van der Waals surface area contributed by atoms with E-state index in [1.54, 1.807) is 35.1 Å². The topological polar surface area (TPSA) is 88.2 Å². The molecule has 0 radical (unpaired) electrons. The zero-order chi connectivity index (χ0) is 18.7. The summed E-state index contributed by atoms with van der Waals surface area (Å²) in [6.45, 7) is 2.13. The van der Waals surface area contributed by atoms with Gasteiger partial charge in [-0.2, -0.15) is 0 Å². The van der Waals surface area contributed by atoms with Gasteiger partial charge in [0, 0.05) is 32.2 Å². The van der Waals surface area contributed by atoms with Crippen LogP contribution in [0.3, 0.4) is 0 Å². The van der Waals surface area contributed by atoms with Crippen molar-refractivity contribution in [2.45, 2.75) is 6.42 Å². The van der Waals surface area contributed by atoms with Crippen LogP contribution < -0.4 is 14.8 Å². The van der Waals surface area contributed by atoms with Gasteiger partial charge in [-0.15, -0.1) is 0 Å². The van der Waals surface area contributed by atoms with Crippen molar-refractivity contribution in [1.29, 1.82) is 0 Å². The Bertz CT molecular complexity index is 700. The molecular formula is C18H23N3O5. The van der Waals surface area contributed by atoms with Crippen molar-refractivity contribution >= 4 is 23.9 Å². The molecule has 1 aromatic rings. The average Bonchev–Trinajstić information content (AvgIpc) is 3.48. The van der Waals surface area contributed by atoms with E-state index in [-0.39, 0.29) is 23.7 Å². The molecule has 2 fully saturated rings. The molecule has 2 atom stereocenters. The normalized spacial score (nSPS) is 21.8. The molecule has 3 rings (SSSR count). The van der Waals surface area contributed by atoms with Crippen LogP contribution in [0.25, 0.3) is 0 Å². The molecule has 2 unspecified atom stereocenters. The third kappa shape index (κ3) is 3.74. The first-order chi connectivity index (χ1) is 12.6. The predicted octanol–water partition coefficient (Wildman–Crippen LogP) is 0.579. The number of ether oxygens (including phenoxy) is 2. The number of benzene rings is 1. The smallest absolute Gasteiger partial charge is 0.228 e. The van der Waals surface area contributed by atoms with Crippen molar-refractivity contribution in [3.63, 3.8) is 0 Å². The Labute approximate surface area is 152 Å². The van der Waals surface area contributed by atoms with Gasteiger partial charge in [0.25, 0.3) is 0 Å². The first-order valence-electron chi connectivity index (χ1n) is 8.58. The number of rotatable bonds is 6. The number of carbonyl (C=O) groups is 3. The Morgan fingerprint density at radius 1 is 1.12 bits per heavy atom. The molecular weight excluding hydrogens is 338 g/mol. The maximum atomic E-state index is 12.5. The van der Waals surface area contributed by atoms with E-state index in [9.17, 15) is 14.4 Å². The summed E-state index contributed by atoms with van der Waals surface area (Å²) in [4.78, 5) is 39.1. The molecule has 1 aliphatic heterocycles. The molecule has 0 bridgehead atoms. The number of anilines is 1. The lowest BCUT2D eigenvalue weighted by atomic mass is 10.2. The van der Waals surface area contributed by atoms with E-state index >= 15 is 0 Å². The highest BCUT2D eigenvalue weighted by atomic mass is 16.5. The van der Waals surface area contributed by atoms with E-state index in [2.05, 4.69) is 5.32 Å². The molecule has 26 heavy (non-hydrogen) atoms. The van der Waals surface area contributed by atoms with Crippen molar-refractivity contribution in [3.05, 3.63) is 18.2 Å². The zero-order valence-corrected chi connectivity index (χ0v) is 14.9. The number of carbonyl (C=O) groups excluding carboxylic acids is 3. The highest BCUT2D eigenvalue weighted by Crippen LogP contribution is 2.41. The molecule has 1 saturated carbocycles. The van der Waals surface area contributed by atoms with E-state index in [4.69, 9.17) is 9.47 Å². The van der Waals surface area contributed by atoms with Crippen LogP contribution in [0.15, 0.2) is 18.2 Å². The van der Waals surface area contributed by atoms with Crippen LogP contribution in [0.2, 0.25) is 0 Å². The Morgan fingerprint density at radius 2 is 1.85 bits per heavy atom. The van der Waals surface area contributed by atoms with Gasteiger partial charge in [0.15, 0.2) is 0 Å². The summed E-state index contributed by atoms with van der Waals surface area (Å²) in [6, 6.07) is 5.14. The van der Waals surface area contributed by atoms with Gasteiger partial charge >= 0.3 is 0 Å². The molecule has 0 aromatic heterocycles. The second-order valence-corrected chi connectivity index (χ2v) is 6.47. The molecule has 1 aromatic carbocycles. The van der Waals surface area contributed by atoms with Crippen LogP contribution in [0.1, 0.15) is 6.42 Å². The number of nitrogens with zero attached hydrogens (tertiary/aromatic N) is 2. The first kappa shape index (κ1) is 18.0. The number of methoxy groups -OCH3 is 2. The van der Waals surface area contributed by atoms with Gasteiger partial charge in [0.1, 0.15) is 11.5 Å². The van der Waals surface area contributed by atoms with Crippen molar-refractivity contribution in [3.8, 4) is 11.5 Å². The highest BCUT2D eigenvalue weighted by Gasteiger charge is 2.49. The monoisotopic (exact) mass is 361 g/mol. The lowest BCUT2D eigenvalue weighted by Gasteiger charge is -2.32. The van der Waals surface area contributed by atoms with Gasteiger partial charge in [0.05, 0.1) is 31.7 Å². The van der Waals surface area contributed by atoms with Crippen molar-refractivity contribution < 1.29 is 23.9 Å². The lowest BCUT2D eigenvalue weighted by Crippen LogP contribution is -2.48. The zero-order valence-electron chi connectivity index (χ0n) is 14.9. The summed E-state index contributed by atoms with van der Waals surface area (Å²) >= 11 is 0. The Balaban J connectivity index is 1.56. The van der Waals surface area contributed by atoms with Crippen LogP contribution in [-0.2, 0) is 14.4 Å². The highest BCUT2D eigenvalue weighted by molar-refractivity contribution is 6.00.